The lowest BCUT2D eigenvalue weighted by Crippen LogP contribution is -2.52. The van der Waals surface area contributed by atoms with Gasteiger partial charge >= 0.3 is 0 Å². The van der Waals surface area contributed by atoms with Crippen molar-refractivity contribution >= 4 is 0 Å². The van der Waals surface area contributed by atoms with Crippen LogP contribution in [-0.2, 0) is 10.2 Å². The van der Waals surface area contributed by atoms with Gasteiger partial charge in [-0.15, -0.1) is 0 Å². The topological polar surface area (TPSA) is 33.3 Å². The fourth-order valence-corrected chi connectivity index (χ4v) is 5.33. The first-order valence-electron chi connectivity index (χ1n) is 10.1. The molecule has 1 saturated heterocycles. The summed E-state index contributed by atoms with van der Waals surface area (Å²) in [6.07, 6.45) is 8.87. The summed E-state index contributed by atoms with van der Waals surface area (Å²) in [7, 11) is 0. The van der Waals surface area contributed by atoms with Crippen LogP contribution in [0.3, 0.4) is 0 Å². The second-order valence-corrected chi connectivity index (χ2v) is 8.21. The van der Waals surface area contributed by atoms with E-state index in [0.717, 1.165) is 26.3 Å². The molecule has 4 heteroatoms. The SMILES string of the molecule is Fc1ccc(C2(CNC3CCCC3C3COCCN3)CCCC2)cc1. The van der Waals surface area contributed by atoms with E-state index in [1.54, 1.807) is 12.1 Å². The van der Waals surface area contributed by atoms with Crippen LogP contribution in [-0.4, -0.2) is 38.4 Å². The highest BCUT2D eigenvalue weighted by Crippen LogP contribution is 2.41. The second-order valence-electron chi connectivity index (χ2n) is 8.21. The first-order valence-corrected chi connectivity index (χ1v) is 10.1. The minimum atomic E-state index is -0.135. The lowest BCUT2D eigenvalue weighted by Gasteiger charge is -2.36. The van der Waals surface area contributed by atoms with Crippen LogP contribution in [0.4, 0.5) is 4.39 Å². The van der Waals surface area contributed by atoms with Gasteiger partial charge in [0.05, 0.1) is 13.2 Å². The number of rotatable bonds is 5. The minimum Gasteiger partial charge on any atom is -0.379 e. The molecule has 0 bridgehead atoms. The molecule has 0 radical (unpaired) electrons. The Balaban J connectivity index is 1.43. The fraction of sp³-hybridized carbons (Fsp3) is 0.714. The van der Waals surface area contributed by atoms with E-state index in [9.17, 15) is 4.39 Å². The molecule has 0 spiro atoms. The van der Waals surface area contributed by atoms with Crippen LogP contribution >= 0.6 is 0 Å². The largest absolute Gasteiger partial charge is 0.379 e. The van der Waals surface area contributed by atoms with Crippen molar-refractivity contribution in [3.8, 4) is 0 Å². The zero-order chi connectivity index (χ0) is 17.1. The predicted octanol–water partition coefficient (Wildman–Crippen LogP) is 3.38. The molecule has 3 aliphatic rings. The first-order chi connectivity index (χ1) is 12.3. The summed E-state index contributed by atoms with van der Waals surface area (Å²) in [6, 6.07) is 8.33. The van der Waals surface area contributed by atoms with Crippen molar-refractivity contribution in [1.82, 2.24) is 10.6 Å². The van der Waals surface area contributed by atoms with Crippen LogP contribution in [0.25, 0.3) is 0 Å². The number of morpholine rings is 1. The van der Waals surface area contributed by atoms with Crippen molar-refractivity contribution in [1.29, 1.82) is 0 Å². The smallest absolute Gasteiger partial charge is 0.123 e. The van der Waals surface area contributed by atoms with E-state index < -0.39 is 0 Å². The molecule has 3 fully saturated rings. The summed E-state index contributed by atoms with van der Waals surface area (Å²) in [5.74, 6) is 0.538. The summed E-state index contributed by atoms with van der Waals surface area (Å²) in [5.41, 5.74) is 1.50. The average molecular weight is 346 g/mol. The highest BCUT2D eigenvalue weighted by molar-refractivity contribution is 5.28. The Kier molecular flexibility index (Phi) is 5.39. The quantitative estimate of drug-likeness (QED) is 0.857. The molecule has 3 unspecified atom stereocenters. The Hall–Kier alpha value is -0.970. The van der Waals surface area contributed by atoms with Crippen molar-refractivity contribution in [2.45, 2.75) is 62.4 Å². The Bertz CT molecular complexity index is 550. The van der Waals surface area contributed by atoms with E-state index in [1.807, 2.05) is 12.1 Å². The van der Waals surface area contributed by atoms with Gasteiger partial charge in [0.25, 0.3) is 0 Å². The molecule has 0 aromatic heterocycles. The van der Waals surface area contributed by atoms with E-state index in [0.29, 0.717) is 18.0 Å². The lowest BCUT2D eigenvalue weighted by atomic mass is 9.78. The number of halogens is 1. The summed E-state index contributed by atoms with van der Waals surface area (Å²) in [5, 5.41) is 7.60. The summed E-state index contributed by atoms with van der Waals surface area (Å²) >= 11 is 0. The van der Waals surface area contributed by atoms with Gasteiger partial charge in [-0.1, -0.05) is 31.4 Å². The van der Waals surface area contributed by atoms with Crippen molar-refractivity contribution in [3.05, 3.63) is 35.6 Å². The molecule has 3 nitrogen and oxygen atoms in total. The van der Waals surface area contributed by atoms with Gasteiger partial charge in [0, 0.05) is 30.6 Å². The number of hydrogen-bond donors (Lipinski definition) is 2. The first kappa shape index (κ1) is 17.4. The van der Waals surface area contributed by atoms with Crippen molar-refractivity contribution in [3.63, 3.8) is 0 Å². The Morgan fingerprint density at radius 1 is 1.12 bits per heavy atom. The third-order valence-corrected chi connectivity index (χ3v) is 6.76. The van der Waals surface area contributed by atoms with Crippen LogP contribution < -0.4 is 10.6 Å². The van der Waals surface area contributed by atoms with Gasteiger partial charge in [0.2, 0.25) is 0 Å². The van der Waals surface area contributed by atoms with Gasteiger partial charge in [0.1, 0.15) is 5.82 Å². The van der Waals surface area contributed by atoms with Crippen molar-refractivity contribution in [2.75, 3.05) is 26.3 Å². The lowest BCUT2D eigenvalue weighted by molar-refractivity contribution is 0.0521. The van der Waals surface area contributed by atoms with E-state index >= 15 is 0 Å². The maximum Gasteiger partial charge on any atom is 0.123 e. The average Bonchev–Trinajstić information content (AvgIpc) is 3.31. The molecule has 0 amide bonds. The van der Waals surface area contributed by atoms with Crippen LogP contribution in [0, 0.1) is 11.7 Å². The van der Waals surface area contributed by atoms with E-state index in [4.69, 9.17) is 4.74 Å². The Morgan fingerprint density at radius 2 is 1.92 bits per heavy atom. The van der Waals surface area contributed by atoms with Gasteiger partial charge < -0.3 is 15.4 Å². The van der Waals surface area contributed by atoms with Gasteiger partial charge in [-0.25, -0.2) is 4.39 Å². The van der Waals surface area contributed by atoms with Crippen LogP contribution in [0.2, 0.25) is 0 Å². The van der Waals surface area contributed by atoms with E-state index in [1.165, 1.54) is 50.5 Å². The zero-order valence-electron chi connectivity index (χ0n) is 15.1. The number of ether oxygens (including phenoxy) is 1. The molecule has 138 valence electrons. The molecule has 1 heterocycles. The van der Waals surface area contributed by atoms with Crippen molar-refractivity contribution in [2.24, 2.45) is 5.92 Å². The monoisotopic (exact) mass is 346 g/mol. The molecular weight excluding hydrogens is 315 g/mol. The summed E-state index contributed by atoms with van der Waals surface area (Å²) < 4.78 is 19.0. The number of nitrogens with one attached hydrogen (secondary N) is 2. The second kappa shape index (κ2) is 7.73. The van der Waals surface area contributed by atoms with Crippen LogP contribution in [0.5, 0.6) is 0 Å². The van der Waals surface area contributed by atoms with Crippen LogP contribution in [0.1, 0.15) is 50.5 Å². The third kappa shape index (κ3) is 3.76. The normalized spacial score (nSPS) is 32.1. The van der Waals surface area contributed by atoms with Gasteiger partial charge in [-0.3, -0.25) is 0 Å². The van der Waals surface area contributed by atoms with Gasteiger partial charge in [-0.05, 0) is 49.3 Å². The summed E-state index contributed by atoms with van der Waals surface area (Å²) in [4.78, 5) is 0. The molecule has 4 rings (SSSR count). The van der Waals surface area contributed by atoms with Gasteiger partial charge in [0.15, 0.2) is 0 Å². The number of benzene rings is 1. The third-order valence-electron chi connectivity index (χ3n) is 6.76. The molecule has 1 aliphatic heterocycles. The van der Waals surface area contributed by atoms with Gasteiger partial charge in [-0.2, -0.15) is 0 Å². The maximum absolute atomic E-state index is 13.4. The standard InChI is InChI=1S/C21H31FN2O/c22-17-8-6-16(7-9-17)21(10-1-2-11-21)15-24-19-5-3-4-18(19)20-14-25-13-12-23-20/h6-9,18-20,23-24H,1-5,10-15H2. The Morgan fingerprint density at radius 3 is 2.64 bits per heavy atom. The van der Waals surface area contributed by atoms with Crippen LogP contribution in [0.15, 0.2) is 24.3 Å². The molecule has 1 aromatic rings. The molecule has 3 atom stereocenters. The predicted molar refractivity (Wildman–Crippen MR) is 98.3 cm³/mol. The zero-order valence-corrected chi connectivity index (χ0v) is 15.1. The maximum atomic E-state index is 13.4. The molecule has 2 saturated carbocycles. The van der Waals surface area contributed by atoms with Crippen molar-refractivity contribution < 1.29 is 9.13 Å². The Labute approximate surface area is 150 Å². The van der Waals surface area contributed by atoms with E-state index in [-0.39, 0.29) is 11.2 Å². The molecular formula is C21H31FN2O. The minimum absolute atomic E-state index is 0.135. The number of hydrogen-bond acceptors (Lipinski definition) is 3. The molecule has 25 heavy (non-hydrogen) atoms. The molecule has 2 N–H and O–H groups in total. The fourth-order valence-electron chi connectivity index (χ4n) is 5.33. The highest BCUT2D eigenvalue weighted by atomic mass is 19.1. The summed E-state index contributed by atoms with van der Waals surface area (Å²) in [6.45, 7) is 3.70. The molecule has 1 aromatic carbocycles. The molecule has 2 aliphatic carbocycles. The highest BCUT2D eigenvalue weighted by Gasteiger charge is 2.39. The van der Waals surface area contributed by atoms with E-state index in [2.05, 4.69) is 10.6 Å².